The standard InChI is InChI=1S/C20H19N5O2S/c1-3-17-21-22-18(27-17)13-28-20-24-23-19(14-8-7-11-16(12-14)26-2)25(20)15-9-5-4-6-10-15/h4-12H,3,13H2,1-2H3. The van der Waals surface area contributed by atoms with E-state index >= 15 is 0 Å². The SMILES string of the molecule is CCc1nnc(CSc2nnc(-c3cccc(OC)c3)n2-c2ccccc2)o1. The molecule has 0 unspecified atom stereocenters. The molecule has 0 atom stereocenters. The summed E-state index contributed by atoms with van der Waals surface area (Å²) in [5.41, 5.74) is 1.90. The fourth-order valence-electron chi connectivity index (χ4n) is 2.74. The number of benzene rings is 2. The highest BCUT2D eigenvalue weighted by Gasteiger charge is 2.17. The average Bonchev–Trinajstić information content (AvgIpc) is 3.39. The summed E-state index contributed by atoms with van der Waals surface area (Å²) >= 11 is 1.51. The third-order valence-electron chi connectivity index (χ3n) is 4.11. The molecule has 0 N–H and O–H groups in total. The molecule has 8 heteroatoms. The topological polar surface area (TPSA) is 78.9 Å². The van der Waals surface area contributed by atoms with Crippen LogP contribution in [-0.4, -0.2) is 32.1 Å². The van der Waals surface area contributed by atoms with E-state index in [4.69, 9.17) is 9.15 Å². The largest absolute Gasteiger partial charge is 0.497 e. The van der Waals surface area contributed by atoms with E-state index < -0.39 is 0 Å². The van der Waals surface area contributed by atoms with Gasteiger partial charge in [0, 0.05) is 17.7 Å². The highest BCUT2D eigenvalue weighted by atomic mass is 32.2. The van der Waals surface area contributed by atoms with Gasteiger partial charge < -0.3 is 9.15 Å². The lowest BCUT2D eigenvalue weighted by molar-refractivity contribution is 0.415. The Morgan fingerprint density at radius 2 is 1.79 bits per heavy atom. The Morgan fingerprint density at radius 3 is 2.54 bits per heavy atom. The average molecular weight is 393 g/mol. The van der Waals surface area contributed by atoms with Gasteiger partial charge in [-0.3, -0.25) is 4.57 Å². The van der Waals surface area contributed by atoms with Crippen molar-refractivity contribution < 1.29 is 9.15 Å². The quantitative estimate of drug-likeness (QED) is 0.436. The first-order valence-corrected chi connectivity index (χ1v) is 9.86. The zero-order valence-electron chi connectivity index (χ0n) is 15.6. The van der Waals surface area contributed by atoms with Gasteiger partial charge in [-0.25, -0.2) is 0 Å². The summed E-state index contributed by atoms with van der Waals surface area (Å²) in [5, 5.41) is 17.7. The van der Waals surface area contributed by atoms with Gasteiger partial charge in [-0.2, -0.15) is 0 Å². The molecule has 0 bridgehead atoms. The molecule has 2 aromatic carbocycles. The van der Waals surface area contributed by atoms with Gasteiger partial charge >= 0.3 is 0 Å². The predicted octanol–water partition coefficient (Wildman–Crippen LogP) is 4.18. The second-order valence-electron chi connectivity index (χ2n) is 5.94. The van der Waals surface area contributed by atoms with Crippen molar-refractivity contribution in [2.45, 2.75) is 24.3 Å². The van der Waals surface area contributed by atoms with E-state index in [9.17, 15) is 0 Å². The van der Waals surface area contributed by atoms with Crippen molar-refractivity contribution >= 4 is 11.8 Å². The Balaban J connectivity index is 1.71. The number of hydrogen-bond acceptors (Lipinski definition) is 7. The minimum atomic E-state index is 0.524. The molecule has 2 heterocycles. The van der Waals surface area contributed by atoms with Crippen molar-refractivity contribution in [2.24, 2.45) is 0 Å². The summed E-state index contributed by atoms with van der Waals surface area (Å²) < 4.78 is 13.0. The second-order valence-corrected chi connectivity index (χ2v) is 6.88. The van der Waals surface area contributed by atoms with Crippen LogP contribution in [-0.2, 0) is 12.2 Å². The van der Waals surface area contributed by atoms with Crippen molar-refractivity contribution in [1.29, 1.82) is 0 Å². The van der Waals surface area contributed by atoms with Gasteiger partial charge in [-0.1, -0.05) is 49.0 Å². The van der Waals surface area contributed by atoms with Gasteiger partial charge in [0.1, 0.15) is 5.75 Å². The van der Waals surface area contributed by atoms with Crippen molar-refractivity contribution in [2.75, 3.05) is 7.11 Å². The summed E-state index contributed by atoms with van der Waals surface area (Å²) in [4.78, 5) is 0. The van der Waals surface area contributed by atoms with Crippen LogP contribution in [0.5, 0.6) is 5.75 Å². The first-order valence-electron chi connectivity index (χ1n) is 8.87. The summed E-state index contributed by atoms with van der Waals surface area (Å²) in [5.74, 6) is 3.25. The van der Waals surface area contributed by atoms with Crippen LogP contribution in [0.25, 0.3) is 17.1 Å². The molecule has 0 aliphatic heterocycles. The van der Waals surface area contributed by atoms with E-state index in [0.29, 0.717) is 17.5 Å². The fraction of sp³-hybridized carbons (Fsp3) is 0.200. The van der Waals surface area contributed by atoms with E-state index in [1.54, 1.807) is 7.11 Å². The molecule has 0 saturated carbocycles. The molecule has 0 radical (unpaired) electrons. The third kappa shape index (κ3) is 3.77. The summed E-state index contributed by atoms with van der Waals surface area (Å²) in [6.07, 6.45) is 0.720. The molecule has 28 heavy (non-hydrogen) atoms. The van der Waals surface area contributed by atoms with Crippen LogP contribution in [0.2, 0.25) is 0 Å². The van der Waals surface area contributed by atoms with Crippen LogP contribution in [0.15, 0.2) is 64.2 Å². The van der Waals surface area contributed by atoms with E-state index in [0.717, 1.165) is 34.4 Å². The Bertz CT molecular complexity index is 1060. The molecular formula is C20H19N5O2S. The molecule has 0 aliphatic rings. The van der Waals surface area contributed by atoms with E-state index in [1.807, 2.05) is 66.1 Å². The zero-order chi connectivity index (χ0) is 19.3. The molecule has 0 spiro atoms. The number of hydrogen-bond donors (Lipinski definition) is 0. The van der Waals surface area contributed by atoms with Crippen molar-refractivity contribution in [3.8, 4) is 22.8 Å². The Morgan fingerprint density at radius 1 is 0.964 bits per heavy atom. The van der Waals surface area contributed by atoms with Crippen LogP contribution < -0.4 is 4.74 Å². The molecule has 4 aromatic rings. The highest BCUT2D eigenvalue weighted by Crippen LogP contribution is 2.30. The molecule has 0 amide bonds. The van der Waals surface area contributed by atoms with Gasteiger partial charge in [0.2, 0.25) is 11.8 Å². The van der Waals surface area contributed by atoms with Crippen LogP contribution >= 0.6 is 11.8 Å². The van der Waals surface area contributed by atoms with Gasteiger partial charge in [-0.05, 0) is 24.3 Å². The first-order chi connectivity index (χ1) is 13.8. The van der Waals surface area contributed by atoms with E-state index in [1.165, 1.54) is 11.8 Å². The number of aromatic nitrogens is 5. The smallest absolute Gasteiger partial charge is 0.226 e. The normalized spacial score (nSPS) is 10.9. The number of methoxy groups -OCH3 is 1. The lowest BCUT2D eigenvalue weighted by atomic mass is 10.2. The van der Waals surface area contributed by atoms with Gasteiger partial charge in [0.05, 0.1) is 12.9 Å². The minimum absolute atomic E-state index is 0.524. The van der Waals surface area contributed by atoms with Crippen LogP contribution in [0.3, 0.4) is 0 Å². The molecule has 2 aromatic heterocycles. The lowest BCUT2D eigenvalue weighted by Crippen LogP contribution is -2.00. The monoisotopic (exact) mass is 393 g/mol. The number of aryl methyl sites for hydroxylation is 1. The number of thioether (sulfide) groups is 1. The summed E-state index contributed by atoms with van der Waals surface area (Å²) in [6.45, 7) is 1.98. The molecule has 0 fully saturated rings. The van der Waals surface area contributed by atoms with E-state index in [-0.39, 0.29) is 0 Å². The number of rotatable bonds is 7. The maximum absolute atomic E-state index is 5.60. The maximum Gasteiger partial charge on any atom is 0.226 e. The molecule has 0 aliphatic carbocycles. The summed E-state index contributed by atoms with van der Waals surface area (Å²) in [6, 6.07) is 17.8. The first kappa shape index (κ1) is 18.2. The number of ether oxygens (including phenoxy) is 1. The van der Waals surface area contributed by atoms with Crippen LogP contribution in [0.4, 0.5) is 0 Å². The highest BCUT2D eigenvalue weighted by molar-refractivity contribution is 7.98. The molecule has 142 valence electrons. The van der Waals surface area contributed by atoms with Gasteiger partial charge in [0.15, 0.2) is 11.0 Å². The van der Waals surface area contributed by atoms with Crippen LogP contribution in [0.1, 0.15) is 18.7 Å². The number of nitrogens with zero attached hydrogens (tertiary/aromatic N) is 5. The molecule has 7 nitrogen and oxygen atoms in total. The second kappa shape index (κ2) is 8.26. The molecule has 4 rings (SSSR count). The molecule has 0 saturated heterocycles. The predicted molar refractivity (Wildman–Crippen MR) is 107 cm³/mol. The number of para-hydroxylation sites is 1. The van der Waals surface area contributed by atoms with Crippen molar-refractivity contribution in [3.63, 3.8) is 0 Å². The minimum Gasteiger partial charge on any atom is -0.497 e. The van der Waals surface area contributed by atoms with Gasteiger partial charge in [0.25, 0.3) is 0 Å². The Hall–Kier alpha value is -3.13. The Labute approximate surface area is 166 Å². The van der Waals surface area contributed by atoms with Gasteiger partial charge in [-0.15, -0.1) is 20.4 Å². The molecular weight excluding hydrogens is 374 g/mol. The van der Waals surface area contributed by atoms with Crippen molar-refractivity contribution in [3.05, 3.63) is 66.4 Å². The fourth-order valence-corrected chi connectivity index (χ4v) is 3.53. The Kier molecular flexibility index (Phi) is 5.38. The maximum atomic E-state index is 5.60. The van der Waals surface area contributed by atoms with Crippen LogP contribution in [0, 0.1) is 0 Å². The zero-order valence-corrected chi connectivity index (χ0v) is 16.4. The van der Waals surface area contributed by atoms with E-state index in [2.05, 4.69) is 20.4 Å². The third-order valence-corrected chi connectivity index (χ3v) is 5.03. The summed E-state index contributed by atoms with van der Waals surface area (Å²) in [7, 11) is 1.65. The van der Waals surface area contributed by atoms with Crippen molar-refractivity contribution in [1.82, 2.24) is 25.0 Å². The lowest BCUT2D eigenvalue weighted by Gasteiger charge is -2.10.